The maximum atomic E-state index is 12.6. The summed E-state index contributed by atoms with van der Waals surface area (Å²) in [6.45, 7) is 5.59. The fourth-order valence-corrected chi connectivity index (χ4v) is 3.33. The number of amides is 1. The van der Waals surface area contributed by atoms with Crippen molar-refractivity contribution >= 4 is 17.6 Å². The molecule has 0 unspecified atom stereocenters. The molecule has 0 radical (unpaired) electrons. The summed E-state index contributed by atoms with van der Waals surface area (Å²) in [7, 11) is 0. The highest BCUT2D eigenvalue weighted by Gasteiger charge is 2.23. The Morgan fingerprint density at radius 3 is 2.71 bits per heavy atom. The average Bonchev–Trinajstić information content (AvgIpc) is 3.11. The summed E-state index contributed by atoms with van der Waals surface area (Å²) in [6.07, 6.45) is 3.35. The molecule has 1 aliphatic carbocycles. The van der Waals surface area contributed by atoms with E-state index < -0.39 is 5.97 Å². The second kappa shape index (κ2) is 6.51. The van der Waals surface area contributed by atoms with Gasteiger partial charge in [0.25, 0.3) is 5.91 Å². The van der Waals surface area contributed by atoms with E-state index in [1.165, 1.54) is 17.5 Å². The number of ether oxygens (including phenoxy) is 1. The van der Waals surface area contributed by atoms with Crippen molar-refractivity contribution in [1.82, 2.24) is 4.98 Å². The van der Waals surface area contributed by atoms with Crippen LogP contribution in [0.2, 0.25) is 0 Å². The van der Waals surface area contributed by atoms with Crippen molar-refractivity contribution in [3.05, 3.63) is 51.8 Å². The lowest BCUT2D eigenvalue weighted by Crippen LogP contribution is -2.14. The first-order chi connectivity index (χ1) is 11.5. The molecule has 0 aliphatic heterocycles. The smallest absolute Gasteiger partial charge is 0.340 e. The average molecular weight is 326 g/mol. The quantitative estimate of drug-likeness (QED) is 0.844. The second-order valence-corrected chi connectivity index (χ2v) is 6.14. The number of H-pyrrole nitrogens is 1. The van der Waals surface area contributed by atoms with Crippen LogP contribution in [0.25, 0.3) is 0 Å². The summed E-state index contributed by atoms with van der Waals surface area (Å²) in [5.41, 5.74) is 5.55. The number of nitrogens with one attached hydrogen (secondary N) is 2. The van der Waals surface area contributed by atoms with Gasteiger partial charge in [0.05, 0.1) is 12.2 Å². The Bertz CT molecular complexity index is 805. The van der Waals surface area contributed by atoms with Crippen LogP contribution in [0.15, 0.2) is 18.2 Å². The molecular formula is C19H22N2O3. The number of hydrogen-bond acceptors (Lipinski definition) is 3. The minimum absolute atomic E-state index is 0.246. The van der Waals surface area contributed by atoms with E-state index in [4.69, 9.17) is 4.74 Å². The molecule has 1 amide bonds. The van der Waals surface area contributed by atoms with Crippen molar-refractivity contribution in [2.75, 3.05) is 11.9 Å². The van der Waals surface area contributed by atoms with Crippen LogP contribution in [0, 0.1) is 13.8 Å². The molecule has 0 saturated carbocycles. The first kappa shape index (κ1) is 16.3. The number of benzene rings is 1. The Kier molecular flexibility index (Phi) is 4.42. The third-order valence-electron chi connectivity index (χ3n) is 4.50. The molecule has 5 heteroatoms. The number of aromatic nitrogens is 1. The standard InChI is InChI=1S/C19H22N2O3/c1-4-24-19(23)16-11(2)17(20-12(16)3)18(22)21-15-9-8-13-6-5-7-14(13)10-15/h8-10,20H,4-7H2,1-3H3,(H,21,22). The molecule has 0 atom stereocenters. The van der Waals surface area contributed by atoms with Gasteiger partial charge >= 0.3 is 5.97 Å². The van der Waals surface area contributed by atoms with E-state index in [0.717, 1.165) is 18.5 Å². The molecule has 5 nitrogen and oxygen atoms in total. The van der Waals surface area contributed by atoms with Crippen molar-refractivity contribution in [2.24, 2.45) is 0 Å². The van der Waals surface area contributed by atoms with Crippen LogP contribution < -0.4 is 5.32 Å². The van der Waals surface area contributed by atoms with Crippen molar-refractivity contribution < 1.29 is 14.3 Å². The largest absolute Gasteiger partial charge is 0.462 e. The Hall–Kier alpha value is -2.56. The van der Waals surface area contributed by atoms with Crippen molar-refractivity contribution in [2.45, 2.75) is 40.0 Å². The first-order valence-electron chi connectivity index (χ1n) is 8.30. The maximum absolute atomic E-state index is 12.6. The number of rotatable bonds is 4. The van der Waals surface area contributed by atoms with Crippen LogP contribution >= 0.6 is 0 Å². The van der Waals surface area contributed by atoms with Gasteiger partial charge in [-0.25, -0.2) is 4.79 Å². The molecule has 2 aromatic rings. The van der Waals surface area contributed by atoms with Gasteiger partial charge in [-0.15, -0.1) is 0 Å². The van der Waals surface area contributed by atoms with Gasteiger partial charge in [-0.1, -0.05) is 6.07 Å². The number of carbonyl (C=O) groups excluding carboxylic acids is 2. The molecule has 2 N–H and O–H groups in total. The van der Waals surface area contributed by atoms with Gasteiger partial charge in [-0.3, -0.25) is 4.79 Å². The van der Waals surface area contributed by atoms with E-state index in [9.17, 15) is 9.59 Å². The molecule has 1 aliphatic rings. The van der Waals surface area contributed by atoms with Crippen molar-refractivity contribution in [3.8, 4) is 0 Å². The second-order valence-electron chi connectivity index (χ2n) is 6.14. The Morgan fingerprint density at radius 1 is 1.21 bits per heavy atom. The van der Waals surface area contributed by atoms with Crippen LogP contribution in [0.4, 0.5) is 5.69 Å². The number of carbonyl (C=O) groups is 2. The van der Waals surface area contributed by atoms with Gasteiger partial charge in [-0.2, -0.15) is 0 Å². The van der Waals surface area contributed by atoms with Gasteiger partial charge in [0.15, 0.2) is 0 Å². The number of fused-ring (bicyclic) bond motifs is 1. The summed E-state index contributed by atoms with van der Waals surface area (Å²) in [5.74, 6) is -0.649. The molecule has 0 bridgehead atoms. The fourth-order valence-electron chi connectivity index (χ4n) is 3.33. The molecule has 1 aromatic carbocycles. The predicted molar refractivity (Wildman–Crippen MR) is 92.6 cm³/mol. The maximum Gasteiger partial charge on any atom is 0.340 e. The lowest BCUT2D eigenvalue weighted by Gasteiger charge is -2.07. The molecule has 1 aromatic heterocycles. The number of hydrogen-bond donors (Lipinski definition) is 2. The minimum Gasteiger partial charge on any atom is -0.462 e. The third-order valence-corrected chi connectivity index (χ3v) is 4.50. The zero-order valence-corrected chi connectivity index (χ0v) is 14.3. The third kappa shape index (κ3) is 2.94. The highest BCUT2D eigenvalue weighted by Crippen LogP contribution is 2.26. The highest BCUT2D eigenvalue weighted by atomic mass is 16.5. The highest BCUT2D eigenvalue weighted by molar-refractivity contribution is 6.06. The zero-order chi connectivity index (χ0) is 17.3. The summed E-state index contributed by atoms with van der Waals surface area (Å²) in [6, 6.07) is 6.05. The fraction of sp³-hybridized carbons (Fsp3) is 0.368. The summed E-state index contributed by atoms with van der Waals surface area (Å²) in [5, 5.41) is 2.92. The van der Waals surface area contributed by atoms with Gasteiger partial charge < -0.3 is 15.0 Å². The van der Waals surface area contributed by atoms with Crippen LogP contribution in [0.5, 0.6) is 0 Å². The monoisotopic (exact) mass is 326 g/mol. The number of aromatic amines is 1. The Labute approximate surface area is 141 Å². The van der Waals surface area contributed by atoms with Gasteiger partial charge in [0.1, 0.15) is 5.69 Å². The molecule has 24 heavy (non-hydrogen) atoms. The summed E-state index contributed by atoms with van der Waals surface area (Å²) >= 11 is 0. The topological polar surface area (TPSA) is 71.2 Å². The van der Waals surface area contributed by atoms with Crippen LogP contribution in [-0.4, -0.2) is 23.5 Å². The summed E-state index contributed by atoms with van der Waals surface area (Å²) in [4.78, 5) is 27.6. The van der Waals surface area contributed by atoms with E-state index in [2.05, 4.69) is 16.4 Å². The molecular weight excluding hydrogens is 304 g/mol. The molecule has 1 heterocycles. The molecule has 3 rings (SSSR count). The van der Waals surface area contributed by atoms with Gasteiger partial charge in [0, 0.05) is 11.4 Å². The molecule has 126 valence electrons. The number of aryl methyl sites for hydroxylation is 3. The van der Waals surface area contributed by atoms with Crippen molar-refractivity contribution in [1.29, 1.82) is 0 Å². The molecule has 0 saturated heterocycles. The zero-order valence-electron chi connectivity index (χ0n) is 14.3. The SMILES string of the molecule is CCOC(=O)c1c(C)[nH]c(C(=O)Nc2ccc3c(c2)CCC3)c1C. The predicted octanol–water partition coefficient (Wildman–Crippen LogP) is 3.55. The van der Waals surface area contributed by atoms with Crippen LogP contribution in [0.3, 0.4) is 0 Å². The van der Waals surface area contributed by atoms with Gasteiger partial charge in [-0.05, 0) is 68.9 Å². The van der Waals surface area contributed by atoms with Crippen molar-refractivity contribution in [3.63, 3.8) is 0 Å². The lowest BCUT2D eigenvalue weighted by atomic mass is 10.1. The lowest BCUT2D eigenvalue weighted by molar-refractivity contribution is 0.0525. The van der Waals surface area contributed by atoms with E-state index in [1.807, 2.05) is 12.1 Å². The number of anilines is 1. The summed E-state index contributed by atoms with van der Waals surface area (Å²) < 4.78 is 5.06. The Morgan fingerprint density at radius 2 is 1.96 bits per heavy atom. The first-order valence-corrected chi connectivity index (χ1v) is 8.30. The normalized spacial score (nSPS) is 12.8. The van der Waals surface area contributed by atoms with Crippen LogP contribution in [0.1, 0.15) is 56.6 Å². The minimum atomic E-state index is -0.402. The van der Waals surface area contributed by atoms with E-state index in [-0.39, 0.29) is 5.91 Å². The Balaban J connectivity index is 1.83. The van der Waals surface area contributed by atoms with E-state index in [0.29, 0.717) is 29.1 Å². The van der Waals surface area contributed by atoms with Crippen LogP contribution in [-0.2, 0) is 17.6 Å². The molecule has 0 fully saturated rings. The van der Waals surface area contributed by atoms with E-state index >= 15 is 0 Å². The van der Waals surface area contributed by atoms with Gasteiger partial charge in [0.2, 0.25) is 0 Å². The molecule has 0 spiro atoms. The van der Waals surface area contributed by atoms with E-state index in [1.54, 1.807) is 20.8 Å². The number of esters is 1.